The van der Waals surface area contributed by atoms with Gasteiger partial charge in [0.1, 0.15) is 0 Å². The topological polar surface area (TPSA) is 41.1 Å². The van der Waals surface area contributed by atoms with Crippen LogP contribution in [0.1, 0.15) is 51.0 Å². The molecule has 2 rings (SSSR count). The number of nitrogens with one attached hydrogen (secondary N) is 2. The Morgan fingerprint density at radius 2 is 2.14 bits per heavy atom. The van der Waals surface area contributed by atoms with E-state index in [1.54, 1.807) is 0 Å². The van der Waals surface area contributed by atoms with Crippen LogP contribution in [-0.4, -0.2) is 25.5 Å². The third-order valence-electron chi connectivity index (χ3n) is 4.86. The first kappa shape index (κ1) is 16.0. The lowest BCUT2D eigenvalue weighted by atomic mass is 9.77. The van der Waals surface area contributed by atoms with Crippen molar-refractivity contribution in [3.63, 3.8) is 0 Å². The molecule has 1 amide bonds. The van der Waals surface area contributed by atoms with Crippen LogP contribution in [0.3, 0.4) is 0 Å². The molecule has 0 spiro atoms. The Hall–Kier alpha value is -1.35. The molecule has 1 aromatic rings. The number of piperidine rings is 1. The first-order chi connectivity index (χ1) is 10.2. The molecule has 1 heterocycles. The molecule has 0 bridgehead atoms. The molecule has 1 saturated heterocycles. The Kier molecular flexibility index (Phi) is 5.80. The van der Waals surface area contributed by atoms with Gasteiger partial charge in [0.2, 0.25) is 5.91 Å². The largest absolute Gasteiger partial charge is 0.356 e. The SMILES string of the molecule is CCC1(C(=O)NCCC(C)c2ccccc2)CCCNC1. The Morgan fingerprint density at radius 1 is 1.38 bits per heavy atom. The van der Waals surface area contributed by atoms with Gasteiger partial charge in [-0.15, -0.1) is 0 Å². The van der Waals surface area contributed by atoms with E-state index >= 15 is 0 Å². The maximum absolute atomic E-state index is 12.5. The van der Waals surface area contributed by atoms with E-state index in [0.717, 1.165) is 45.3 Å². The van der Waals surface area contributed by atoms with Crippen molar-refractivity contribution in [2.24, 2.45) is 5.41 Å². The third kappa shape index (κ3) is 4.07. The number of carbonyl (C=O) groups is 1. The molecule has 0 radical (unpaired) electrons. The molecule has 0 aromatic heterocycles. The van der Waals surface area contributed by atoms with E-state index in [1.807, 2.05) is 6.07 Å². The lowest BCUT2D eigenvalue weighted by molar-refractivity contribution is -0.132. The Bertz CT molecular complexity index is 438. The fourth-order valence-electron chi connectivity index (χ4n) is 3.16. The van der Waals surface area contributed by atoms with Gasteiger partial charge >= 0.3 is 0 Å². The molecule has 1 fully saturated rings. The van der Waals surface area contributed by atoms with E-state index in [4.69, 9.17) is 0 Å². The lowest BCUT2D eigenvalue weighted by Gasteiger charge is -2.35. The van der Waals surface area contributed by atoms with Crippen LogP contribution in [0.15, 0.2) is 30.3 Å². The Labute approximate surface area is 128 Å². The monoisotopic (exact) mass is 288 g/mol. The van der Waals surface area contributed by atoms with Crippen molar-refractivity contribution < 1.29 is 4.79 Å². The zero-order valence-electron chi connectivity index (χ0n) is 13.3. The maximum atomic E-state index is 12.5. The van der Waals surface area contributed by atoms with Crippen LogP contribution in [0, 0.1) is 5.41 Å². The Morgan fingerprint density at radius 3 is 2.76 bits per heavy atom. The molecule has 116 valence electrons. The van der Waals surface area contributed by atoms with Crippen molar-refractivity contribution in [1.29, 1.82) is 0 Å². The molecule has 3 heteroatoms. The molecule has 2 N–H and O–H groups in total. The van der Waals surface area contributed by atoms with Gasteiger partial charge in [0.05, 0.1) is 5.41 Å². The first-order valence-electron chi connectivity index (χ1n) is 8.22. The summed E-state index contributed by atoms with van der Waals surface area (Å²) in [5.41, 5.74) is 1.16. The highest BCUT2D eigenvalue weighted by Crippen LogP contribution is 2.30. The summed E-state index contributed by atoms with van der Waals surface area (Å²) in [6, 6.07) is 10.5. The third-order valence-corrected chi connectivity index (χ3v) is 4.86. The van der Waals surface area contributed by atoms with E-state index in [0.29, 0.717) is 5.92 Å². The number of rotatable bonds is 6. The van der Waals surface area contributed by atoms with Crippen molar-refractivity contribution in [1.82, 2.24) is 10.6 Å². The van der Waals surface area contributed by atoms with Crippen molar-refractivity contribution in [2.75, 3.05) is 19.6 Å². The molecular weight excluding hydrogens is 260 g/mol. The van der Waals surface area contributed by atoms with Gasteiger partial charge in [0.25, 0.3) is 0 Å². The number of benzene rings is 1. The summed E-state index contributed by atoms with van der Waals surface area (Å²) in [6.45, 7) is 6.97. The minimum Gasteiger partial charge on any atom is -0.356 e. The summed E-state index contributed by atoms with van der Waals surface area (Å²) >= 11 is 0. The zero-order valence-corrected chi connectivity index (χ0v) is 13.3. The minimum absolute atomic E-state index is 0.186. The summed E-state index contributed by atoms with van der Waals surface area (Å²) in [5, 5.41) is 6.54. The van der Waals surface area contributed by atoms with E-state index in [9.17, 15) is 4.79 Å². The van der Waals surface area contributed by atoms with Gasteiger partial charge in [-0.05, 0) is 43.7 Å². The fraction of sp³-hybridized carbons (Fsp3) is 0.611. The summed E-state index contributed by atoms with van der Waals surface area (Å²) in [7, 11) is 0. The van der Waals surface area contributed by atoms with Gasteiger partial charge in [-0.25, -0.2) is 0 Å². The number of carbonyl (C=O) groups excluding carboxylic acids is 1. The molecule has 2 unspecified atom stereocenters. The molecule has 0 saturated carbocycles. The molecule has 21 heavy (non-hydrogen) atoms. The number of amides is 1. The molecule has 3 nitrogen and oxygen atoms in total. The van der Waals surface area contributed by atoms with Crippen molar-refractivity contribution >= 4 is 5.91 Å². The summed E-state index contributed by atoms with van der Waals surface area (Å²) < 4.78 is 0. The van der Waals surface area contributed by atoms with Crippen molar-refractivity contribution in [3.8, 4) is 0 Å². The fourth-order valence-corrected chi connectivity index (χ4v) is 3.16. The first-order valence-corrected chi connectivity index (χ1v) is 8.22. The van der Waals surface area contributed by atoms with E-state index < -0.39 is 0 Å². The predicted octanol–water partition coefficient (Wildman–Crippen LogP) is 3.08. The molecule has 1 aromatic carbocycles. The van der Waals surface area contributed by atoms with Crippen molar-refractivity contribution in [2.45, 2.75) is 45.4 Å². The number of hydrogen-bond acceptors (Lipinski definition) is 2. The second-order valence-corrected chi connectivity index (χ2v) is 6.27. The van der Waals surface area contributed by atoms with Gasteiger partial charge in [-0.2, -0.15) is 0 Å². The molecular formula is C18H28N2O. The quantitative estimate of drug-likeness (QED) is 0.844. The second-order valence-electron chi connectivity index (χ2n) is 6.27. The summed E-state index contributed by atoms with van der Waals surface area (Å²) in [5.74, 6) is 0.714. The van der Waals surface area contributed by atoms with Crippen LogP contribution in [0.25, 0.3) is 0 Å². The summed E-state index contributed by atoms with van der Waals surface area (Å²) in [6.07, 6.45) is 4.02. The van der Waals surface area contributed by atoms with Crippen LogP contribution in [-0.2, 0) is 4.79 Å². The predicted molar refractivity (Wildman–Crippen MR) is 87.3 cm³/mol. The van der Waals surface area contributed by atoms with Gasteiger partial charge in [0.15, 0.2) is 0 Å². The number of hydrogen-bond donors (Lipinski definition) is 2. The standard InChI is InChI=1S/C18H28N2O/c1-3-18(11-7-12-19-14-18)17(21)20-13-10-15(2)16-8-5-4-6-9-16/h4-6,8-9,15,19H,3,7,10-14H2,1-2H3,(H,20,21). The maximum Gasteiger partial charge on any atom is 0.227 e. The molecule has 1 aliphatic rings. The van der Waals surface area contributed by atoms with Gasteiger partial charge in [-0.3, -0.25) is 4.79 Å². The zero-order chi connectivity index (χ0) is 15.1. The van der Waals surface area contributed by atoms with Crippen LogP contribution < -0.4 is 10.6 Å². The van der Waals surface area contributed by atoms with Crippen LogP contribution in [0.2, 0.25) is 0 Å². The van der Waals surface area contributed by atoms with Gasteiger partial charge in [0, 0.05) is 13.1 Å². The van der Waals surface area contributed by atoms with E-state index in [-0.39, 0.29) is 11.3 Å². The van der Waals surface area contributed by atoms with Crippen LogP contribution in [0.4, 0.5) is 0 Å². The highest BCUT2D eigenvalue weighted by molar-refractivity contribution is 5.83. The van der Waals surface area contributed by atoms with Gasteiger partial charge in [-0.1, -0.05) is 44.2 Å². The van der Waals surface area contributed by atoms with E-state index in [1.165, 1.54) is 5.56 Å². The van der Waals surface area contributed by atoms with Crippen LogP contribution in [0.5, 0.6) is 0 Å². The smallest absolute Gasteiger partial charge is 0.227 e. The van der Waals surface area contributed by atoms with E-state index in [2.05, 4.69) is 48.7 Å². The highest BCUT2D eigenvalue weighted by Gasteiger charge is 2.37. The molecule has 0 aliphatic carbocycles. The van der Waals surface area contributed by atoms with Gasteiger partial charge < -0.3 is 10.6 Å². The second kappa shape index (κ2) is 7.60. The van der Waals surface area contributed by atoms with Crippen molar-refractivity contribution in [3.05, 3.63) is 35.9 Å². The normalized spacial score (nSPS) is 23.5. The Balaban J connectivity index is 1.81. The highest BCUT2D eigenvalue weighted by atomic mass is 16.2. The minimum atomic E-state index is -0.186. The average Bonchev–Trinajstić information content (AvgIpc) is 2.56. The summed E-state index contributed by atoms with van der Waals surface area (Å²) in [4.78, 5) is 12.5. The average molecular weight is 288 g/mol. The molecule has 1 aliphatic heterocycles. The van der Waals surface area contributed by atoms with Crippen LogP contribution >= 0.6 is 0 Å². The molecule has 2 atom stereocenters. The lowest BCUT2D eigenvalue weighted by Crippen LogP contribution is -2.50.